The molecule has 5 unspecified atom stereocenters. The van der Waals surface area contributed by atoms with Crippen LogP contribution in [0, 0.1) is 17.8 Å². The van der Waals surface area contributed by atoms with Crippen molar-refractivity contribution in [2.24, 2.45) is 17.8 Å². The molecule has 0 saturated carbocycles. The third kappa shape index (κ3) is 11.4. The number of amides is 3. The van der Waals surface area contributed by atoms with Gasteiger partial charge in [0, 0.05) is 38.2 Å². The van der Waals surface area contributed by atoms with Crippen molar-refractivity contribution < 1.29 is 33.4 Å². The minimum Gasteiger partial charge on any atom is -0.455 e. The molecule has 1 aliphatic rings. The molecule has 1 aromatic rings. The largest absolute Gasteiger partial charge is 0.455 e. The Balaban J connectivity index is 2.50. The van der Waals surface area contributed by atoms with Gasteiger partial charge in [0.25, 0.3) is 5.91 Å². The molecule has 0 bridgehead atoms. The molecule has 1 saturated heterocycles. The summed E-state index contributed by atoms with van der Waals surface area (Å²) >= 11 is 1.18. The maximum Gasteiger partial charge on any atom is 0.307 e. The average molecular weight is 652 g/mol. The van der Waals surface area contributed by atoms with Crippen molar-refractivity contribution in [1.29, 1.82) is 0 Å². The molecule has 2 N–H and O–H groups in total. The fourth-order valence-electron chi connectivity index (χ4n) is 5.42. The predicted molar refractivity (Wildman–Crippen MR) is 172 cm³/mol. The van der Waals surface area contributed by atoms with E-state index in [1.165, 1.54) is 30.2 Å². The molecular weight excluding hydrogens is 598 g/mol. The second kappa shape index (κ2) is 18.2. The number of nitrogens with zero attached hydrogens (tertiary/aromatic N) is 3. The Morgan fingerprint density at radius 2 is 1.82 bits per heavy atom. The molecule has 2 rings (SSSR count). The summed E-state index contributed by atoms with van der Waals surface area (Å²) in [5, 5.41) is 7.58. The average Bonchev–Trinajstić information content (AvgIpc) is 3.47. The number of likely N-dealkylation sites (tertiary alicyclic amines) is 1. The zero-order chi connectivity index (χ0) is 33.8. The van der Waals surface area contributed by atoms with Crippen molar-refractivity contribution in [1.82, 2.24) is 25.4 Å². The SMILES string of the molecule is CCC(C)C(NC(=O)C1CCCCN1C)C(=O)N(COC(=O)CC(C)C)C(CC(OC(C)=O)c1nc(C(=O)NC)cs1)C(C)C. The van der Waals surface area contributed by atoms with Gasteiger partial charge < -0.3 is 25.0 Å². The van der Waals surface area contributed by atoms with E-state index in [1.807, 2.05) is 53.5 Å². The molecule has 0 aromatic carbocycles. The Labute approximate surface area is 272 Å². The first-order chi connectivity index (χ1) is 21.2. The van der Waals surface area contributed by atoms with Gasteiger partial charge in [0.1, 0.15) is 16.7 Å². The predicted octanol–water partition coefficient (Wildman–Crippen LogP) is 3.91. The number of carbonyl (C=O) groups is 5. The van der Waals surface area contributed by atoms with Gasteiger partial charge in [-0.3, -0.25) is 28.9 Å². The fraction of sp³-hybridized carbons (Fsp3) is 0.750. The Hall–Kier alpha value is -3.06. The van der Waals surface area contributed by atoms with Crippen LogP contribution in [0.4, 0.5) is 0 Å². The number of likely N-dealkylation sites (N-methyl/N-ethyl adjacent to an activating group) is 1. The summed E-state index contributed by atoms with van der Waals surface area (Å²) in [6.45, 7) is 13.3. The molecule has 5 atom stereocenters. The molecule has 13 heteroatoms. The molecule has 12 nitrogen and oxygen atoms in total. The van der Waals surface area contributed by atoms with Gasteiger partial charge in [-0.2, -0.15) is 0 Å². The van der Waals surface area contributed by atoms with Crippen LogP contribution in [0.15, 0.2) is 5.38 Å². The van der Waals surface area contributed by atoms with Crippen molar-refractivity contribution in [3.63, 3.8) is 0 Å². The number of rotatable bonds is 16. The molecular formula is C32H53N5O7S. The summed E-state index contributed by atoms with van der Waals surface area (Å²) in [6.07, 6.45) is 2.75. The first kappa shape index (κ1) is 38.1. The number of hydrogen-bond donors (Lipinski definition) is 2. The lowest BCUT2D eigenvalue weighted by atomic mass is 9.92. The molecule has 0 aliphatic carbocycles. The smallest absolute Gasteiger partial charge is 0.307 e. The van der Waals surface area contributed by atoms with E-state index >= 15 is 0 Å². The number of ether oxygens (including phenoxy) is 2. The molecule has 1 aromatic heterocycles. The zero-order valence-electron chi connectivity index (χ0n) is 28.4. The van der Waals surface area contributed by atoms with E-state index in [1.54, 1.807) is 5.38 Å². The highest BCUT2D eigenvalue weighted by Crippen LogP contribution is 2.31. The molecule has 0 spiro atoms. The molecule has 3 amide bonds. The first-order valence-corrected chi connectivity index (χ1v) is 16.9. The summed E-state index contributed by atoms with van der Waals surface area (Å²) in [5.74, 6) is -2.25. The molecule has 254 valence electrons. The van der Waals surface area contributed by atoms with Gasteiger partial charge in [0.2, 0.25) is 11.8 Å². The highest BCUT2D eigenvalue weighted by molar-refractivity contribution is 7.09. The summed E-state index contributed by atoms with van der Waals surface area (Å²) in [6, 6.07) is -1.78. The number of esters is 2. The van der Waals surface area contributed by atoms with Crippen LogP contribution < -0.4 is 10.6 Å². The second-order valence-corrected chi connectivity index (χ2v) is 13.6. The van der Waals surface area contributed by atoms with E-state index in [0.29, 0.717) is 17.8 Å². The van der Waals surface area contributed by atoms with Crippen LogP contribution in [0.2, 0.25) is 0 Å². The van der Waals surface area contributed by atoms with Crippen LogP contribution in [0.5, 0.6) is 0 Å². The Morgan fingerprint density at radius 1 is 1.13 bits per heavy atom. The minimum absolute atomic E-state index is 0.0648. The number of thiazole rings is 1. The van der Waals surface area contributed by atoms with Crippen molar-refractivity contribution >= 4 is 41.0 Å². The van der Waals surface area contributed by atoms with E-state index in [4.69, 9.17) is 9.47 Å². The van der Waals surface area contributed by atoms with E-state index in [2.05, 4.69) is 15.6 Å². The lowest BCUT2D eigenvalue weighted by molar-refractivity contribution is -0.160. The van der Waals surface area contributed by atoms with Crippen molar-refractivity contribution in [2.75, 3.05) is 27.4 Å². The van der Waals surface area contributed by atoms with E-state index in [9.17, 15) is 24.0 Å². The molecule has 2 heterocycles. The number of nitrogens with one attached hydrogen (secondary N) is 2. The Morgan fingerprint density at radius 3 is 2.38 bits per heavy atom. The van der Waals surface area contributed by atoms with Gasteiger partial charge in [-0.1, -0.05) is 54.4 Å². The van der Waals surface area contributed by atoms with Crippen LogP contribution in [0.1, 0.15) is 109 Å². The van der Waals surface area contributed by atoms with Gasteiger partial charge in [-0.25, -0.2) is 4.98 Å². The lowest BCUT2D eigenvalue weighted by Crippen LogP contribution is -2.59. The highest BCUT2D eigenvalue weighted by atomic mass is 32.1. The van der Waals surface area contributed by atoms with Crippen LogP contribution in [-0.4, -0.2) is 89.9 Å². The zero-order valence-corrected chi connectivity index (χ0v) is 29.2. The third-order valence-corrected chi connectivity index (χ3v) is 9.20. The van der Waals surface area contributed by atoms with E-state index < -0.39 is 30.1 Å². The normalized spacial score (nSPS) is 18.1. The van der Waals surface area contributed by atoms with Gasteiger partial charge in [0.05, 0.1) is 6.04 Å². The quantitative estimate of drug-likeness (QED) is 0.201. The Kier molecular flexibility index (Phi) is 15.4. The molecule has 1 aliphatic heterocycles. The summed E-state index contributed by atoms with van der Waals surface area (Å²) in [7, 11) is 3.42. The standard InChI is InChI=1S/C32H53N5O7S/c1-10-21(6)28(35-30(41)24-13-11-12-14-36(24)9)32(42)37(18-43-27(39)15-19(2)3)25(20(4)5)16-26(44-22(7)38)31-34-23(17-45-31)29(40)33-8/h17,19-21,24-26,28H,10-16,18H2,1-9H3,(H,33,40)(H,35,41). The van der Waals surface area contributed by atoms with E-state index in [0.717, 1.165) is 19.4 Å². The van der Waals surface area contributed by atoms with Gasteiger partial charge in [0.15, 0.2) is 12.8 Å². The van der Waals surface area contributed by atoms with E-state index in [-0.39, 0.29) is 66.8 Å². The van der Waals surface area contributed by atoms with Crippen LogP contribution in [0.25, 0.3) is 0 Å². The van der Waals surface area contributed by atoms with Gasteiger partial charge >= 0.3 is 11.9 Å². The number of hydrogen-bond acceptors (Lipinski definition) is 10. The van der Waals surface area contributed by atoms with Crippen molar-refractivity contribution in [2.45, 2.75) is 111 Å². The van der Waals surface area contributed by atoms with Crippen LogP contribution >= 0.6 is 11.3 Å². The van der Waals surface area contributed by atoms with Crippen molar-refractivity contribution in [3.05, 3.63) is 16.1 Å². The van der Waals surface area contributed by atoms with Crippen LogP contribution in [0.3, 0.4) is 0 Å². The minimum atomic E-state index is -0.868. The Bertz CT molecular complexity index is 1160. The monoisotopic (exact) mass is 651 g/mol. The maximum absolute atomic E-state index is 14.5. The molecule has 1 fully saturated rings. The number of carbonyl (C=O) groups excluding carboxylic acids is 5. The first-order valence-electron chi connectivity index (χ1n) is 16.0. The van der Waals surface area contributed by atoms with Gasteiger partial charge in [-0.15, -0.1) is 11.3 Å². The second-order valence-electron chi connectivity index (χ2n) is 12.7. The topological polar surface area (TPSA) is 147 Å². The molecule has 45 heavy (non-hydrogen) atoms. The highest BCUT2D eigenvalue weighted by Gasteiger charge is 2.39. The lowest BCUT2D eigenvalue weighted by Gasteiger charge is -2.39. The van der Waals surface area contributed by atoms with Crippen LogP contribution in [-0.2, 0) is 28.7 Å². The third-order valence-electron chi connectivity index (χ3n) is 8.26. The fourth-order valence-corrected chi connectivity index (χ4v) is 6.26. The maximum atomic E-state index is 14.5. The number of piperidine rings is 1. The summed E-state index contributed by atoms with van der Waals surface area (Å²) in [4.78, 5) is 73.1. The van der Waals surface area contributed by atoms with Crippen molar-refractivity contribution in [3.8, 4) is 0 Å². The summed E-state index contributed by atoms with van der Waals surface area (Å²) < 4.78 is 11.4. The number of aromatic nitrogens is 1. The van der Waals surface area contributed by atoms with Gasteiger partial charge in [-0.05, 0) is 44.2 Å². The summed E-state index contributed by atoms with van der Waals surface area (Å²) in [5.41, 5.74) is 0.193. The molecule has 0 radical (unpaired) electrons.